The highest BCUT2D eigenvalue weighted by molar-refractivity contribution is 14.0. The average Bonchev–Trinajstić information content (AvgIpc) is 3.39. The molecule has 0 saturated carbocycles. The van der Waals surface area contributed by atoms with E-state index in [1.54, 1.807) is 6.26 Å². The number of nitrogens with one attached hydrogen (secondary N) is 2. The summed E-state index contributed by atoms with van der Waals surface area (Å²) < 4.78 is 22.5. The fourth-order valence-corrected chi connectivity index (χ4v) is 3.26. The van der Waals surface area contributed by atoms with Crippen molar-refractivity contribution in [3.8, 4) is 0 Å². The predicted molar refractivity (Wildman–Crippen MR) is 119 cm³/mol. The Labute approximate surface area is 185 Å². The number of nitrogens with zero attached hydrogens (tertiary/aromatic N) is 1. The van der Waals surface area contributed by atoms with E-state index in [1.165, 1.54) is 6.42 Å². The number of hydrogen-bond acceptors (Lipinski definition) is 5. The maximum absolute atomic E-state index is 5.91. The Hall–Kier alpha value is -0.840. The van der Waals surface area contributed by atoms with Gasteiger partial charge < -0.3 is 29.3 Å². The van der Waals surface area contributed by atoms with Gasteiger partial charge in [0.15, 0.2) is 5.96 Å². The van der Waals surface area contributed by atoms with Crippen LogP contribution in [0, 0.1) is 0 Å². The zero-order valence-electron chi connectivity index (χ0n) is 16.7. The van der Waals surface area contributed by atoms with Crippen LogP contribution in [-0.2, 0) is 20.6 Å². The minimum atomic E-state index is 0. The van der Waals surface area contributed by atoms with Gasteiger partial charge >= 0.3 is 0 Å². The maximum atomic E-state index is 5.91. The Balaban J connectivity index is 0.00000280. The lowest BCUT2D eigenvalue weighted by atomic mass is 10.1. The molecule has 0 aromatic carbocycles. The molecule has 2 saturated heterocycles. The molecule has 3 atom stereocenters. The Kier molecular flexibility index (Phi) is 11.2. The molecule has 2 N–H and O–H groups in total. The Morgan fingerprint density at radius 1 is 1.32 bits per heavy atom. The van der Waals surface area contributed by atoms with E-state index in [1.807, 2.05) is 12.1 Å². The standard InChI is InChI=1S/C20H33N3O4.HI/c1-16(14-27-19-8-12-24-15-19)23-20(21-9-7-17-6-4-11-25-17)22-13-18-5-2-3-10-26-18;/h4,6,11,16,18-19H,2-3,5,7-10,12-15H2,1H3,(H2,21,22,23);1H. The van der Waals surface area contributed by atoms with Crippen LogP contribution in [0.4, 0.5) is 0 Å². The fourth-order valence-electron chi connectivity index (χ4n) is 3.26. The third-order valence-corrected chi connectivity index (χ3v) is 4.82. The molecule has 2 fully saturated rings. The van der Waals surface area contributed by atoms with Crippen molar-refractivity contribution in [2.45, 2.75) is 57.3 Å². The van der Waals surface area contributed by atoms with E-state index in [-0.39, 0.29) is 42.2 Å². The molecule has 28 heavy (non-hydrogen) atoms. The van der Waals surface area contributed by atoms with Gasteiger partial charge in [0.05, 0.1) is 38.2 Å². The summed E-state index contributed by atoms with van der Waals surface area (Å²) in [4.78, 5) is 4.74. The lowest BCUT2D eigenvalue weighted by Crippen LogP contribution is -2.45. The third kappa shape index (κ3) is 8.67. The van der Waals surface area contributed by atoms with E-state index < -0.39 is 0 Å². The minimum absolute atomic E-state index is 0. The molecule has 3 heterocycles. The van der Waals surface area contributed by atoms with Gasteiger partial charge in [-0.2, -0.15) is 0 Å². The zero-order valence-corrected chi connectivity index (χ0v) is 19.1. The van der Waals surface area contributed by atoms with Crippen molar-refractivity contribution in [3.05, 3.63) is 24.2 Å². The van der Waals surface area contributed by atoms with E-state index in [0.29, 0.717) is 19.8 Å². The molecule has 2 aliphatic rings. The Morgan fingerprint density at radius 3 is 2.96 bits per heavy atom. The molecule has 1 aromatic rings. The van der Waals surface area contributed by atoms with Crippen LogP contribution in [0.5, 0.6) is 0 Å². The summed E-state index contributed by atoms with van der Waals surface area (Å²) >= 11 is 0. The van der Waals surface area contributed by atoms with Crippen LogP contribution in [0.25, 0.3) is 0 Å². The van der Waals surface area contributed by atoms with Crippen molar-refractivity contribution in [3.63, 3.8) is 0 Å². The molecular weight excluding hydrogens is 473 g/mol. The number of hydrogen-bond donors (Lipinski definition) is 2. The molecule has 1 aromatic heterocycles. The van der Waals surface area contributed by atoms with Crippen LogP contribution in [0.1, 0.15) is 38.4 Å². The molecule has 0 bridgehead atoms. The number of aliphatic imine (C=N–C) groups is 1. The number of ether oxygens (including phenoxy) is 3. The van der Waals surface area contributed by atoms with Gasteiger partial charge in [0, 0.05) is 32.2 Å². The van der Waals surface area contributed by atoms with Gasteiger partial charge in [-0.05, 0) is 44.7 Å². The topological polar surface area (TPSA) is 77.2 Å². The van der Waals surface area contributed by atoms with Crippen molar-refractivity contribution in [2.24, 2.45) is 4.99 Å². The first-order chi connectivity index (χ1) is 13.3. The van der Waals surface area contributed by atoms with Gasteiger partial charge in [-0.3, -0.25) is 4.99 Å². The molecule has 160 valence electrons. The number of rotatable bonds is 9. The monoisotopic (exact) mass is 507 g/mol. The molecule has 0 radical (unpaired) electrons. The van der Waals surface area contributed by atoms with Crippen LogP contribution in [0.3, 0.4) is 0 Å². The van der Waals surface area contributed by atoms with E-state index in [2.05, 4.69) is 17.6 Å². The quantitative estimate of drug-likeness (QED) is 0.304. The number of guanidine groups is 1. The van der Waals surface area contributed by atoms with E-state index in [4.69, 9.17) is 23.6 Å². The second-order valence-electron chi connectivity index (χ2n) is 7.30. The van der Waals surface area contributed by atoms with Gasteiger partial charge in [-0.15, -0.1) is 24.0 Å². The summed E-state index contributed by atoms with van der Waals surface area (Å²) in [6, 6.07) is 4.06. The molecule has 7 nitrogen and oxygen atoms in total. The highest BCUT2D eigenvalue weighted by Gasteiger charge is 2.18. The Morgan fingerprint density at radius 2 is 2.25 bits per heavy atom. The van der Waals surface area contributed by atoms with Crippen molar-refractivity contribution in [2.75, 3.05) is 39.5 Å². The summed E-state index contributed by atoms with van der Waals surface area (Å²) in [7, 11) is 0. The smallest absolute Gasteiger partial charge is 0.191 e. The van der Waals surface area contributed by atoms with Crippen LogP contribution >= 0.6 is 24.0 Å². The van der Waals surface area contributed by atoms with Gasteiger partial charge in [0.2, 0.25) is 0 Å². The summed E-state index contributed by atoms with van der Waals surface area (Å²) in [6.07, 6.45) is 7.42. The summed E-state index contributed by atoms with van der Waals surface area (Å²) in [5, 5.41) is 6.85. The van der Waals surface area contributed by atoms with Gasteiger partial charge in [0.1, 0.15) is 5.76 Å². The molecule has 3 unspecified atom stereocenters. The van der Waals surface area contributed by atoms with Gasteiger partial charge in [-0.25, -0.2) is 0 Å². The van der Waals surface area contributed by atoms with Crippen molar-refractivity contribution in [1.29, 1.82) is 0 Å². The van der Waals surface area contributed by atoms with Crippen molar-refractivity contribution in [1.82, 2.24) is 10.6 Å². The van der Waals surface area contributed by atoms with Crippen molar-refractivity contribution >= 4 is 29.9 Å². The normalized spacial score (nSPS) is 23.8. The summed E-state index contributed by atoms with van der Waals surface area (Å²) in [5.74, 6) is 1.77. The van der Waals surface area contributed by atoms with Crippen LogP contribution in [-0.4, -0.2) is 63.7 Å². The molecular formula is C20H34IN3O4. The molecule has 3 rings (SSSR count). The van der Waals surface area contributed by atoms with Crippen LogP contribution in [0.2, 0.25) is 0 Å². The molecule has 2 aliphatic heterocycles. The lowest BCUT2D eigenvalue weighted by molar-refractivity contribution is 0.0223. The highest BCUT2D eigenvalue weighted by Crippen LogP contribution is 2.12. The highest BCUT2D eigenvalue weighted by atomic mass is 127. The molecule has 8 heteroatoms. The van der Waals surface area contributed by atoms with Gasteiger partial charge in [0.25, 0.3) is 0 Å². The maximum Gasteiger partial charge on any atom is 0.191 e. The fraction of sp³-hybridized carbons (Fsp3) is 0.750. The first-order valence-corrected chi connectivity index (χ1v) is 10.2. The minimum Gasteiger partial charge on any atom is -0.469 e. The van der Waals surface area contributed by atoms with E-state index >= 15 is 0 Å². The van der Waals surface area contributed by atoms with E-state index in [9.17, 15) is 0 Å². The first kappa shape index (κ1) is 23.4. The second-order valence-corrected chi connectivity index (χ2v) is 7.30. The van der Waals surface area contributed by atoms with E-state index in [0.717, 1.165) is 57.2 Å². The molecule has 0 amide bonds. The average molecular weight is 507 g/mol. The third-order valence-electron chi connectivity index (χ3n) is 4.82. The summed E-state index contributed by atoms with van der Waals surface area (Å²) in [5.41, 5.74) is 0. The van der Waals surface area contributed by atoms with Crippen LogP contribution in [0.15, 0.2) is 27.8 Å². The molecule has 0 spiro atoms. The second kappa shape index (κ2) is 13.4. The van der Waals surface area contributed by atoms with Gasteiger partial charge in [-0.1, -0.05) is 0 Å². The SMILES string of the molecule is CC(COC1CCOC1)NC(=NCC1CCCCO1)NCCc1ccco1.I. The largest absolute Gasteiger partial charge is 0.469 e. The van der Waals surface area contributed by atoms with Crippen molar-refractivity contribution < 1.29 is 18.6 Å². The predicted octanol–water partition coefficient (Wildman–Crippen LogP) is 2.74. The zero-order chi connectivity index (χ0) is 18.7. The summed E-state index contributed by atoms with van der Waals surface area (Å²) in [6.45, 7) is 6.53. The lowest BCUT2D eigenvalue weighted by Gasteiger charge is -2.23. The number of furan rings is 1. The molecule has 0 aliphatic carbocycles. The van der Waals surface area contributed by atoms with Crippen LogP contribution < -0.4 is 10.6 Å². The Bertz CT molecular complexity index is 544. The number of halogens is 1. The first-order valence-electron chi connectivity index (χ1n) is 10.2.